The van der Waals surface area contributed by atoms with E-state index in [4.69, 9.17) is 0 Å². The highest BCUT2D eigenvalue weighted by Gasteiger charge is 2.21. The van der Waals surface area contributed by atoms with Gasteiger partial charge in [-0.3, -0.25) is 9.88 Å². The highest BCUT2D eigenvalue weighted by Crippen LogP contribution is 2.24. The standard InChI is InChI=1S/C16H19N5/c1-11-16(6-17)15-4-5-21(8-13(15)7-18-11)10-14-9-20(3)12(2)19-14/h7,9H,4-5,8,10H2,1-3H3. The van der Waals surface area contributed by atoms with E-state index in [0.29, 0.717) is 0 Å². The minimum Gasteiger partial charge on any atom is -0.338 e. The smallest absolute Gasteiger partial charge is 0.105 e. The molecule has 1 aliphatic heterocycles. The van der Waals surface area contributed by atoms with Crippen molar-refractivity contribution in [3.8, 4) is 6.07 Å². The molecule has 0 spiro atoms. The van der Waals surface area contributed by atoms with Crippen LogP contribution in [0.15, 0.2) is 12.4 Å². The summed E-state index contributed by atoms with van der Waals surface area (Å²) in [5.74, 6) is 1.03. The van der Waals surface area contributed by atoms with E-state index in [1.54, 1.807) is 0 Å². The number of pyridine rings is 1. The number of aromatic nitrogens is 3. The van der Waals surface area contributed by atoms with Crippen LogP contribution in [0.3, 0.4) is 0 Å². The molecule has 0 radical (unpaired) electrons. The third-order valence-corrected chi connectivity index (χ3v) is 4.19. The number of nitrogens with zero attached hydrogens (tertiary/aromatic N) is 5. The molecule has 0 bridgehead atoms. The van der Waals surface area contributed by atoms with Gasteiger partial charge in [-0.25, -0.2) is 4.98 Å². The third kappa shape index (κ3) is 2.55. The largest absolute Gasteiger partial charge is 0.338 e. The lowest BCUT2D eigenvalue weighted by atomic mass is 9.95. The van der Waals surface area contributed by atoms with Crippen molar-refractivity contribution in [2.45, 2.75) is 33.4 Å². The predicted octanol–water partition coefficient (Wildman–Crippen LogP) is 1.86. The summed E-state index contributed by atoms with van der Waals surface area (Å²) < 4.78 is 2.05. The van der Waals surface area contributed by atoms with Gasteiger partial charge in [0, 0.05) is 39.1 Å². The lowest BCUT2D eigenvalue weighted by molar-refractivity contribution is 0.242. The summed E-state index contributed by atoms with van der Waals surface area (Å²) in [5, 5.41) is 9.29. The van der Waals surface area contributed by atoms with Gasteiger partial charge in [-0.05, 0) is 31.4 Å². The van der Waals surface area contributed by atoms with Gasteiger partial charge < -0.3 is 4.57 Å². The minimum absolute atomic E-state index is 0.765. The number of fused-ring (bicyclic) bond motifs is 1. The van der Waals surface area contributed by atoms with Crippen molar-refractivity contribution in [1.29, 1.82) is 5.26 Å². The van der Waals surface area contributed by atoms with Gasteiger partial charge in [0.25, 0.3) is 0 Å². The Morgan fingerprint density at radius 1 is 1.38 bits per heavy atom. The molecule has 1 aliphatic rings. The molecule has 0 fully saturated rings. The van der Waals surface area contributed by atoms with Gasteiger partial charge in [-0.1, -0.05) is 0 Å². The maximum Gasteiger partial charge on any atom is 0.105 e. The molecule has 0 saturated carbocycles. The third-order valence-electron chi connectivity index (χ3n) is 4.19. The molecule has 0 unspecified atom stereocenters. The summed E-state index contributed by atoms with van der Waals surface area (Å²) in [7, 11) is 2.02. The van der Waals surface area contributed by atoms with Gasteiger partial charge >= 0.3 is 0 Å². The van der Waals surface area contributed by atoms with Crippen molar-refractivity contribution in [3.05, 3.63) is 46.3 Å². The van der Waals surface area contributed by atoms with E-state index in [9.17, 15) is 5.26 Å². The van der Waals surface area contributed by atoms with Crippen molar-refractivity contribution in [2.24, 2.45) is 7.05 Å². The maximum atomic E-state index is 9.29. The quantitative estimate of drug-likeness (QED) is 0.843. The van der Waals surface area contributed by atoms with Crippen LogP contribution < -0.4 is 0 Å². The molecular weight excluding hydrogens is 262 g/mol. The van der Waals surface area contributed by atoms with Gasteiger partial charge in [-0.15, -0.1) is 0 Å². The highest BCUT2D eigenvalue weighted by molar-refractivity contribution is 5.45. The first-order valence-electron chi connectivity index (χ1n) is 7.17. The second-order valence-corrected chi connectivity index (χ2v) is 5.69. The zero-order valence-corrected chi connectivity index (χ0v) is 12.7. The van der Waals surface area contributed by atoms with E-state index in [1.807, 2.05) is 31.7 Å². The summed E-state index contributed by atoms with van der Waals surface area (Å²) in [5.41, 5.74) is 5.06. The van der Waals surface area contributed by atoms with Gasteiger partial charge in [0.2, 0.25) is 0 Å². The van der Waals surface area contributed by atoms with Crippen LogP contribution in [0.5, 0.6) is 0 Å². The Hall–Kier alpha value is -2.19. The fourth-order valence-corrected chi connectivity index (χ4v) is 2.93. The topological polar surface area (TPSA) is 57.7 Å². The number of rotatable bonds is 2. The Morgan fingerprint density at radius 2 is 2.19 bits per heavy atom. The van der Waals surface area contributed by atoms with Crippen LogP contribution >= 0.6 is 0 Å². The van der Waals surface area contributed by atoms with Crippen molar-refractivity contribution in [2.75, 3.05) is 6.54 Å². The van der Waals surface area contributed by atoms with E-state index in [2.05, 4.69) is 27.1 Å². The van der Waals surface area contributed by atoms with Crippen LogP contribution in [0.25, 0.3) is 0 Å². The van der Waals surface area contributed by atoms with Crippen molar-refractivity contribution in [3.63, 3.8) is 0 Å². The first kappa shape index (κ1) is 13.8. The predicted molar refractivity (Wildman–Crippen MR) is 79.5 cm³/mol. The van der Waals surface area contributed by atoms with Gasteiger partial charge in [0.1, 0.15) is 11.9 Å². The van der Waals surface area contributed by atoms with Crippen molar-refractivity contribution >= 4 is 0 Å². The Labute approximate surface area is 124 Å². The van der Waals surface area contributed by atoms with Crippen LogP contribution in [0, 0.1) is 25.2 Å². The summed E-state index contributed by atoms with van der Waals surface area (Å²) in [4.78, 5) is 11.3. The second kappa shape index (κ2) is 5.30. The van der Waals surface area contributed by atoms with Gasteiger partial charge in [0.15, 0.2) is 0 Å². The van der Waals surface area contributed by atoms with E-state index in [1.165, 1.54) is 11.1 Å². The molecule has 5 nitrogen and oxygen atoms in total. The molecule has 0 saturated heterocycles. The number of imidazole rings is 1. The fraction of sp³-hybridized carbons (Fsp3) is 0.438. The summed E-state index contributed by atoms with van der Waals surface area (Å²) >= 11 is 0. The molecule has 0 N–H and O–H groups in total. The Morgan fingerprint density at radius 3 is 2.86 bits per heavy atom. The van der Waals surface area contributed by atoms with E-state index in [-0.39, 0.29) is 0 Å². The molecule has 2 aromatic rings. The van der Waals surface area contributed by atoms with E-state index >= 15 is 0 Å². The molecule has 3 heterocycles. The zero-order valence-electron chi connectivity index (χ0n) is 12.7. The molecule has 0 aliphatic carbocycles. The average Bonchev–Trinajstić information content (AvgIpc) is 2.77. The first-order chi connectivity index (χ1) is 10.1. The Balaban J connectivity index is 1.80. The molecule has 0 atom stereocenters. The monoisotopic (exact) mass is 281 g/mol. The molecule has 0 amide bonds. The lowest BCUT2D eigenvalue weighted by Crippen LogP contribution is -2.31. The molecule has 21 heavy (non-hydrogen) atoms. The summed E-state index contributed by atoms with van der Waals surface area (Å²) in [6.07, 6.45) is 4.91. The summed E-state index contributed by atoms with van der Waals surface area (Å²) in [6, 6.07) is 2.30. The van der Waals surface area contributed by atoms with Crippen molar-refractivity contribution in [1.82, 2.24) is 19.4 Å². The van der Waals surface area contributed by atoms with E-state index in [0.717, 1.165) is 48.8 Å². The average molecular weight is 281 g/mol. The Bertz CT molecular complexity index is 703. The minimum atomic E-state index is 0.765. The number of aryl methyl sites for hydroxylation is 3. The SMILES string of the molecule is Cc1ncc2c(c1C#N)CCN(Cc1cn(C)c(C)n1)C2. The molecule has 5 heteroatoms. The molecular formula is C16H19N5. The molecule has 0 aromatic carbocycles. The van der Waals surface area contributed by atoms with Crippen LogP contribution in [-0.2, 0) is 26.6 Å². The van der Waals surface area contributed by atoms with Gasteiger partial charge in [0.05, 0.1) is 17.0 Å². The second-order valence-electron chi connectivity index (χ2n) is 5.69. The zero-order chi connectivity index (χ0) is 15.0. The normalized spacial score (nSPS) is 14.8. The molecule has 108 valence electrons. The summed E-state index contributed by atoms with van der Waals surface area (Å²) in [6.45, 7) is 6.56. The number of nitriles is 1. The molecule has 3 rings (SSSR count). The fourth-order valence-electron chi connectivity index (χ4n) is 2.93. The Kier molecular flexibility index (Phi) is 3.48. The van der Waals surface area contributed by atoms with Crippen LogP contribution in [-0.4, -0.2) is 26.0 Å². The number of hydrogen-bond acceptors (Lipinski definition) is 4. The maximum absolute atomic E-state index is 9.29. The van der Waals surface area contributed by atoms with Crippen LogP contribution in [0.4, 0.5) is 0 Å². The highest BCUT2D eigenvalue weighted by atomic mass is 15.2. The number of hydrogen-bond donors (Lipinski definition) is 0. The molecule has 2 aromatic heterocycles. The lowest BCUT2D eigenvalue weighted by Gasteiger charge is -2.28. The van der Waals surface area contributed by atoms with Crippen LogP contribution in [0.1, 0.15) is 33.9 Å². The van der Waals surface area contributed by atoms with Crippen LogP contribution in [0.2, 0.25) is 0 Å². The van der Waals surface area contributed by atoms with E-state index < -0.39 is 0 Å². The first-order valence-corrected chi connectivity index (χ1v) is 7.17. The van der Waals surface area contributed by atoms with Crippen molar-refractivity contribution < 1.29 is 0 Å². The van der Waals surface area contributed by atoms with Gasteiger partial charge in [-0.2, -0.15) is 5.26 Å².